The Balaban J connectivity index is 0.00000106. The lowest BCUT2D eigenvalue weighted by molar-refractivity contribution is 1.19. The Kier molecular flexibility index (Phi) is 6.65. The molecule has 1 rings (SSSR count). The number of nitrogens with zero attached hydrogens (tertiary/aromatic N) is 1. The van der Waals surface area contributed by atoms with Crippen LogP contribution < -0.4 is 11.5 Å². The molecule has 0 spiro atoms. The van der Waals surface area contributed by atoms with Gasteiger partial charge in [0.25, 0.3) is 0 Å². The summed E-state index contributed by atoms with van der Waals surface area (Å²) in [6.07, 6.45) is 0. The van der Waals surface area contributed by atoms with Crippen LogP contribution in [-0.4, -0.2) is 5.96 Å². The van der Waals surface area contributed by atoms with Crippen molar-refractivity contribution < 1.29 is 0 Å². The van der Waals surface area contributed by atoms with Crippen molar-refractivity contribution in [1.82, 2.24) is 0 Å². The molecule has 16 heavy (non-hydrogen) atoms. The highest BCUT2D eigenvalue weighted by Crippen LogP contribution is 2.27. The zero-order valence-corrected chi connectivity index (χ0v) is 11.5. The minimum Gasteiger partial charge on any atom is -0.369 e. The SMILES string of the molecule is CC.Cc1cc(C)c(SN=C(N)N)c(C)c1. The van der Waals surface area contributed by atoms with E-state index in [0.29, 0.717) is 0 Å². The Morgan fingerprint density at radius 2 is 1.50 bits per heavy atom. The van der Waals surface area contributed by atoms with Crippen LogP contribution in [0.1, 0.15) is 30.5 Å². The van der Waals surface area contributed by atoms with Crippen LogP contribution in [-0.2, 0) is 0 Å². The van der Waals surface area contributed by atoms with E-state index < -0.39 is 0 Å². The van der Waals surface area contributed by atoms with Crippen molar-refractivity contribution >= 4 is 17.9 Å². The molecule has 0 bridgehead atoms. The molecule has 3 nitrogen and oxygen atoms in total. The first-order valence-electron chi connectivity index (χ1n) is 5.34. The van der Waals surface area contributed by atoms with Gasteiger partial charge in [-0.2, -0.15) is 4.40 Å². The molecule has 4 N–H and O–H groups in total. The van der Waals surface area contributed by atoms with Crippen LogP contribution in [0.3, 0.4) is 0 Å². The van der Waals surface area contributed by atoms with Gasteiger partial charge in [-0.15, -0.1) is 0 Å². The summed E-state index contributed by atoms with van der Waals surface area (Å²) in [5, 5.41) is 0. The molecule has 0 heterocycles. The van der Waals surface area contributed by atoms with E-state index in [1.165, 1.54) is 28.6 Å². The average Bonchev–Trinajstić information content (AvgIpc) is 2.18. The van der Waals surface area contributed by atoms with E-state index in [0.717, 1.165) is 4.90 Å². The summed E-state index contributed by atoms with van der Waals surface area (Å²) in [4.78, 5) is 1.13. The van der Waals surface area contributed by atoms with E-state index in [4.69, 9.17) is 11.5 Å². The van der Waals surface area contributed by atoms with Crippen molar-refractivity contribution in [2.75, 3.05) is 0 Å². The average molecular weight is 239 g/mol. The zero-order chi connectivity index (χ0) is 12.7. The lowest BCUT2D eigenvalue weighted by atomic mass is 10.1. The molecular formula is C12H21N3S. The summed E-state index contributed by atoms with van der Waals surface area (Å²) >= 11 is 1.33. The van der Waals surface area contributed by atoms with Crippen LogP contribution in [0, 0.1) is 20.8 Å². The monoisotopic (exact) mass is 239 g/mol. The van der Waals surface area contributed by atoms with Crippen molar-refractivity contribution in [2.24, 2.45) is 15.9 Å². The van der Waals surface area contributed by atoms with Gasteiger partial charge >= 0.3 is 0 Å². The van der Waals surface area contributed by atoms with Gasteiger partial charge in [0.1, 0.15) is 0 Å². The third-order valence-corrected chi connectivity index (χ3v) is 2.98. The van der Waals surface area contributed by atoms with Crippen LogP contribution in [0.5, 0.6) is 0 Å². The molecule has 0 unspecified atom stereocenters. The van der Waals surface area contributed by atoms with Gasteiger partial charge in [0.15, 0.2) is 5.96 Å². The van der Waals surface area contributed by atoms with Crippen molar-refractivity contribution in [3.8, 4) is 0 Å². The topological polar surface area (TPSA) is 64.4 Å². The Bertz CT molecular complexity index is 346. The molecule has 0 aromatic heterocycles. The van der Waals surface area contributed by atoms with E-state index in [1.54, 1.807) is 0 Å². The van der Waals surface area contributed by atoms with Crippen molar-refractivity contribution in [1.29, 1.82) is 0 Å². The van der Waals surface area contributed by atoms with E-state index in [-0.39, 0.29) is 5.96 Å². The molecule has 0 radical (unpaired) electrons. The Morgan fingerprint density at radius 1 is 1.06 bits per heavy atom. The third kappa shape index (κ3) is 4.57. The summed E-state index contributed by atoms with van der Waals surface area (Å²) in [6, 6.07) is 4.25. The molecular weight excluding hydrogens is 218 g/mol. The second-order valence-electron chi connectivity index (χ2n) is 3.34. The summed E-state index contributed by atoms with van der Waals surface area (Å²) < 4.78 is 3.94. The van der Waals surface area contributed by atoms with Crippen LogP contribution in [0.2, 0.25) is 0 Å². The zero-order valence-electron chi connectivity index (χ0n) is 10.7. The number of guanidine groups is 1. The summed E-state index contributed by atoms with van der Waals surface area (Å²) in [5.74, 6) is 0.106. The maximum atomic E-state index is 5.28. The van der Waals surface area contributed by atoms with Gasteiger partial charge in [0.2, 0.25) is 0 Å². The van der Waals surface area contributed by atoms with Crippen molar-refractivity contribution in [3.63, 3.8) is 0 Å². The quantitative estimate of drug-likeness (QED) is 0.474. The molecule has 1 aromatic rings. The first-order valence-corrected chi connectivity index (χ1v) is 6.12. The van der Waals surface area contributed by atoms with Crippen LogP contribution in [0.15, 0.2) is 21.4 Å². The van der Waals surface area contributed by atoms with E-state index in [9.17, 15) is 0 Å². The van der Waals surface area contributed by atoms with Gasteiger partial charge in [-0.25, -0.2) is 0 Å². The minimum atomic E-state index is 0.106. The second kappa shape index (κ2) is 7.17. The number of nitrogens with two attached hydrogens (primary N) is 2. The predicted octanol–water partition coefficient (Wildman–Crippen LogP) is 2.92. The number of rotatable bonds is 2. The van der Waals surface area contributed by atoms with Gasteiger partial charge < -0.3 is 11.5 Å². The van der Waals surface area contributed by atoms with Gasteiger partial charge in [-0.1, -0.05) is 31.5 Å². The fourth-order valence-corrected chi connectivity index (χ4v) is 2.01. The maximum absolute atomic E-state index is 5.28. The van der Waals surface area contributed by atoms with E-state index in [2.05, 4.69) is 37.3 Å². The van der Waals surface area contributed by atoms with Crippen LogP contribution >= 0.6 is 11.9 Å². The van der Waals surface area contributed by atoms with E-state index >= 15 is 0 Å². The number of aryl methyl sites for hydroxylation is 3. The second-order valence-corrected chi connectivity index (χ2v) is 4.11. The minimum absolute atomic E-state index is 0.106. The van der Waals surface area contributed by atoms with Crippen molar-refractivity contribution in [3.05, 3.63) is 28.8 Å². The summed E-state index contributed by atoms with van der Waals surface area (Å²) in [7, 11) is 0. The largest absolute Gasteiger partial charge is 0.369 e. The normalized spacial score (nSPS) is 9.06. The lowest BCUT2D eigenvalue weighted by Gasteiger charge is -2.07. The lowest BCUT2D eigenvalue weighted by Crippen LogP contribution is -2.21. The Hall–Kier alpha value is -1.16. The fraction of sp³-hybridized carbons (Fsp3) is 0.417. The number of benzene rings is 1. The van der Waals surface area contributed by atoms with Gasteiger partial charge in [0, 0.05) is 16.8 Å². The van der Waals surface area contributed by atoms with Gasteiger partial charge in [-0.05, 0) is 31.9 Å². The predicted molar refractivity (Wildman–Crippen MR) is 73.7 cm³/mol. The smallest absolute Gasteiger partial charge is 0.198 e. The molecule has 0 saturated carbocycles. The molecule has 0 atom stereocenters. The summed E-state index contributed by atoms with van der Waals surface area (Å²) in [6.45, 7) is 10.2. The maximum Gasteiger partial charge on any atom is 0.198 e. The Labute approximate surface area is 102 Å². The third-order valence-electron chi connectivity index (χ3n) is 1.85. The Morgan fingerprint density at radius 3 is 1.88 bits per heavy atom. The molecule has 4 heteroatoms. The molecule has 0 saturated heterocycles. The highest BCUT2D eigenvalue weighted by atomic mass is 32.2. The van der Waals surface area contributed by atoms with Gasteiger partial charge in [-0.3, -0.25) is 0 Å². The molecule has 0 aliphatic rings. The fourth-order valence-electron chi connectivity index (χ4n) is 1.41. The molecule has 90 valence electrons. The molecule has 0 fully saturated rings. The molecule has 1 aromatic carbocycles. The first-order chi connectivity index (χ1) is 7.50. The molecule has 0 amide bonds. The van der Waals surface area contributed by atoms with E-state index in [1.807, 2.05) is 13.8 Å². The van der Waals surface area contributed by atoms with Crippen LogP contribution in [0.4, 0.5) is 0 Å². The highest BCUT2D eigenvalue weighted by Gasteiger charge is 2.03. The molecule has 0 aliphatic carbocycles. The number of hydrogen-bond donors (Lipinski definition) is 2. The van der Waals surface area contributed by atoms with Crippen LogP contribution in [0.25, 0.3) is 0 Å². The molecule has 0 aliphatic heterocycles. The standard InChI is InChI=1S/C10H15N3S.C2H6/c1-6-4-7(2)9(8(3)5-6)14-13-10(11)12;1-2/h4-5H,1-3H3,(H4,11,12,13);1-2H3. The first kappa shape index (κ1) is 14.8. The highest BCUT2D eigenvalue weighted by molar-refractivity contribution is 7.98. The summed E-state index contributed by atoms with van der Waals surface area (Å²) in [5.41, 5.74) is 14.2. The van der Waals surface area contributed by atoms with Crippen molar-refractivity contribution in [2.45, 2.75) is 39.5 Å². The van der Waals surface area contributed by atoms with Gasteiger partial charge in [0.05, 0.1) is 0 Å². The number of hydrogen-bond acceptors (Lipinski definition) is 2.